The van der Waals surface area contributed by atoms with Crippen LogP contribution in [-0.4, -0.2) is 5.79 Å². The van der Waals surface area contributed by atoms with Crippen LogP contribution in [0.1, 0.15) is 25.0 Å². The third-order valence-electron chi connectivity index (χ3n) is 2.21. The van der Waals surface area contributed by atoms with Gasteiger partial charge in [-0.25, -0.2) is 0 Å². The van der Waals surface area contributed by atoms with Crippen molar-refractivity contribution in [3.63, 3.8) is 0 Å². The Labute approximate surface area is 92.3 Å². The third-order valence-corrected chi connectivity index (χ3v) is 2.86. The van der Waals surface area contributed by atoms with Gasteiger partial charge >= 0.3 is 0 Å². The fourth-order valence-electron chi connectivity index (χ4n) is 1.47. The van der Waals surface area contributed by atoms with Crippen molar-refractivity contribution in [3.05, 3.63) is 29.3 Å². The van der Waals surface area contributed by atoms with Crippen LogP contribution < -0.4 is 4.74 Å². The summed E-state index contributed by atoms with van der Waals surface area (Å²) in [4.78, 5) is 0. The maximum absolute atomic E-state index is 5.68. The minimum atomic E-state index is -0.497. The van der Waals surface area contributed by atoms with Crippen LogP contribution >= 0.6 is 15.9 Å². The van der Waals surface area contributed by atoms with Gasteiger partial charge in [0.1, 0.15) is 5.75 Å². The minimum Gasteiger partial charge on any atom is -0.463 e. The SMILES string of the molecule is CC1(C)OCc2cc(CBr)ccc2O1. The molecular formula is C11H13BrO2. The zero-order valence-electron chi connectivity index (χ0n) is 8.34. The second kappa shape index (κ2) is 3.55. The van der Waals surface area contributed by atoms with Gasteiger partial charge in [0.05, 0.1) is 6.61 Å². The van der Waals surface area contributed by atoms with Gasteiger partial charge in [-0.05, 0) is 17.7 Å². The van der Waals surface area contributed by atoms with E-state index in [-0.39, 0.29) is 0 Å². The summed E-state index contributed by atoms with van der Waals surface area (Å²) in [5.74, 6) is 0.439. The van der Waals surface area contributed by atoms with E-state index in [0.717, 1.165) is 16.6 Å². The summed E-state index contributed by atoms with van der Waals surface area (Å²) >= 11 is 3.43. The van der Waals surface area contributed by atoms with Gasteiger partial charge in [-0.1, -0.05) is 22.0 Å². The van der Waals surface area contributed by atoms with Crippen molar-refractivity contribution >= 4 is 15.9 Å². The second-order valence-corrected chi connectivity index (χ2v) is 4.43. The van der Waals surface area contributed by atoms with Crippen LogP contribution in [0.5, 0.6) is 5.75 Å². The van der Waals surface area contributed by atoms with Crippen LogP contribution in [0.2, 0.25) is 0 Å². The van der Waals surface area contributed by atoms with E-state index in [0.29, 0.717) is 6.61 Å². The highest BCUT2D eigenvalue weighted by atomic mass is 79.9. The lowest BCUT2D eigenvalue weighted by Gasteiger charge is -2.32. The molecule has 2 nitrogen and oxygen atoms in total. The number of hydrogen-bond acceptors (Lipinski definition) is 2. The van der Waals surface area contributed by atoms with Crippen LogP contribution in [0.15, 0.2) is 18.2 Å². The van der Waals surface area contributed by atoms with Gasteiger partial charge in [0.15, 0.2) is 0 Å². The van der Waals surface area contributed by atoms with E-state index in [1.807, 2.05) is 19.9 Å². The maximum atomic E-state index is 5.68. The van der Waals surface area contributed by atoms with E-state index in [4.69, 9.17) is 9.47 Å². The molecule has 0 radical (unpaired) electrons. The first kappa shape index (κ1) is 9.99. The molecule has 0 saturated carbocycles. The Balaban J connectivity index is 2.32. The monoisotopic (exact) mass is 256 g/mol. The van der Waals surface area contributed by atoms with Crippen LogP contribution in [0.25, 0.3) is 0 Å². The summed E-state index contributed by atoms with van der Waals surface area (Å²) in [5.41, 5.74) is 2.37. The number of alkyl halides is 1. The van der Waals surface area contributed by atoms with Gasteiger partial charge in [-0.2, -0.15) is 0 Å². The quantitative estimate of drug-likeness (QED) is 0.719. The summed E-state index contributed by atoms with van der Waals surface area (Å²) in [6, 6.07) is 6.19. The molecule has 1 aliphatic rings. The Morgan fingerprint density at radius 2 is 2.21 bits per heavy atom. The first-order valence-corrected chi connectivity index (χ1v) is 5.73. The summed E-state index contributed by atoms with van der Waals surface area (Å²) in [5, 5.41) is 0.865. The third kappa shape index (κ3) is 1.93. The fraction of sp³-hybridized carbons (Fsp3) is 0.455. The Morgan fingerprint density at radius 3 is 2.93 bits per heavy atom. The average Bonchev–Trinajstić information content (AvgIpc) is 2.16. The van der Waals surface area contributed by atoms with E-state index < -0.39 is 5.79 Å². The summed E-state index contributed by atoms with van der Waals surface area (Å²) in [7, 11) is 0. The van der Waals surface area contributed by atoms with Gasteiger partial charge in [-0.3, -0.25) is 0 Å². The van der Waals surface area contributed by atoms with Crippen molar-refractivity contribution in [1.29, 1.82) is 0 Å². The topological polar surface area (TPSA) is 18.5 Å². The molecule has 1 heterocycles. The number of halogens is 1. The number of ether oxygens (including phenoxy) is 2. The fourth-order valence-corrected chi connectivity index (χ4v) is 1.82. The molecule has 0 saturated heterocycles. The highest BCUT2D eigenvalue weighted by molar-refractivity contribution is 9.08. The molecule has 0 aromatic heterocycles. The van der Waals surface area contributed by atoms with Crippen LogP contribution in [-0.2, 0) is 16.7 Å². The molecule has 0 atom stereocenters. The lowest BCUT2D eigenvalue weighted by atomic mass is 10.1. The zero-order chi connectivity index (χ0) is 10.2. The molecule has 1 aromatic carbocycles. The lowest BCUT2D eigenvalue weighted by Crippen LogP contribution is -2.35. The first-order chi connectivity index (χ1) is 6.61. The molecule has 3 heteroatoms. The Morgan fingerprint density at radius 1 is 1.43 bits per heavy atom. The van der Waals surface area contributed by atoms with E-state index >= 15 is 0 Å². The molecule has 1 aliphatic heterocycles. The molecule has 0 N–H and O–H groups in total. The van der Waals surface area contributed by atoms with E-state index in [9.17, 15) is 0 Å². The first-order valence-electron chi connectivity index (χ1n) is 4.61. The minimum absolute atomic E-state index is 0.497. The lowest BCUT2D eigenvalue weighted by molar-refractivity contribution is -0.180. The molecule has 0 amide bonds. The molecule has 14 heavy (non-hydrogen) atoms. The van der Waals surface area contributed by atoms with Crippen LogP contribution in [0.3, 0.4) is 0 Å². The highest BCUT2D eigenvalue weighted by Crippen LogP contribution is 2.31. The van der Waals surface area contributed by atoms with Crippen LogP contribution in [0, 0.1) is 0 Å². The molecule has 0 spiro atoms. The van der Waals surface area contributed by atoms with Gasteiger partial charge in [0.25, 0.3) is 0 Å². The summed E-state index contributed by atoms with van der Waals surface area (Å²) in [6.07, 6.45) is 0. The van der Waals surface area contributed by atoms with Crippen molar-refractivity contribution in [1.82, 2.24) is 0 Å². The van der Waals surface area contributed by atoms with Crippen molar-refractivity contribution in [3.8, 4) is 5.75 Å². The number of benzene rings is 1. The van der Waals surface area contributed by atoms with E-state index in [2.05, 4.69) is 28.1 Å². The Hall–Kier alpha value is -0.540. The second-order valence-electron chi connectivity index (χ2n) is 3.87. The molecule has 1 aromatic rings. The highest BCUT2D eigenvalue weighted by Gasteiger charge is 2.26. The van der Waals surface area contributed by atoms with Crippen LogP contribution in [0.4, 0.5) is 0 Å². The summed E-state index contributed by atoms with van der Waals surface area (Å²) in [6.45, 7) is 4.48. The molecule has 0 aliphatic carbocycles. The molecule has 0 fully saturated rings. The summed E-state index contributed by atoms with van der Waals surface area (Å²) < 4.78 is 11.2. The average molecular weight is 257 g/mol. The number of hydrogen-bond donors (Lipinski definition) is 0. The predicted molar refractivity (Wildman–Crippen MR) is 58.6 cm³/mol. The maximum Gasteiger partial charge on any atom is 0.205 e. The molecular weight excluding hydrogens is 244 g/mol. The Bertz CT molecular complexity index is 347. The molecule has 2 rings (SSSR count). The Kier molecular flexibility index (Phi) is 2.54. The molecule has 0 unspecified atom stereocenters. The normalized spacial score (nSPS) is 18.5. The van der Waals surface area contributed by atoms with E-state index in [1.165, 1.54) is 5.56 Å². The van der Waals surface area contributed by atoms with Crippen molar-refractivity contribution in [2.75, 3.05) is 0 Å². The smallest absolute Gasteiger partial charge is 0.205 e. The molecule has 76 valence electrons. The van der Waals surface area contributed by atoms with Gasteiger partial charge < -0.3 is 9.47 Å². The van der Waals surface area contributed by atoms with Gasteiger partial charge in [0.2, 0.25) is 5.79 Å². The van der Waals surface area contributed by atoms with E-state index in [1.54, 1.807) is 0 Å². The standard InChI is InChI=1S/C11H13BrO2/c1-11(2)13-7-9-5-8(6-12)3-4-10(9)14-11/h3-5H,6-7H2,1-2H3. The molecule has 0 bridgehead atoms. The number of fused-ring (bicyclic) bond motifs is 1. The zero-order valence-corrected chi connectivity index (χ0v) is 9.93. The number of rotatable bonds is 1. The van der Waals surface area contributed by atoms with Crippen molar-refractivity contribution < 1.29 is 9.47 Å². The largest absolute Gasteiger partial charge is 0.463 e. The van der Waals surface area contributed by atoms with Gasteiger partial charge in [0, 0.05) is 24.7 Å². The van der Waals surface area contributed by atoms with Gasteiger partial charge in [-0.15, -0.1) is 0 Å². The predicted octanol–water partition coefficient (Wildman–Crippen LogP) is 3.23. The van der Waals surface area contributed by atoms with Crippen molar-refractivity contribution in [2.45, 2.75) is 31.6 Å². The van der Waals surface area contributed by atoms with Crippen molar-refractivity contribution in [2.24, 2.45) is 0 Å².